The van der Waals surface area contributed by atoms with Crippen LogP contribution in [0.4, 0.5) is 24.5 Å². The van der Waals surface area contributed by atoms with Crippen LogP contribution in [0.3, 0.4) is 0 Å². The fourth-order valence-electron chi connectivity index (χ4n) is 1.59. The number of likely N-dealkylation sites (N-methyl/N-ethyl adjacent to an activating group) is 1. The summed E-state index contributed by atoms with van der Waals surface area (Å²) in [5.41, 5.74) is 7.38. The topological polar surface area (TPSA) is 58.4 Å². The second-order valence-electron chi connectivity index (χ2n) is 4.36. The van der Waals surface area contributed by atoms with E-state index >= 15 is 0 Å². The third-order valence-electron chi connectivity index (χ3n) is 2.51. The SMILES string of the molecule is Cc1c(N)cccc1NC(=O)CN(C)CC(F)(F)F. The Morgan fingerprint density at radius 2 is 2.05 bits per heavy atom. The van der Waals surface area contributed by atoms with Gasteiger partial charge in [0.05, 0.1) is 13.1 Å². The molecule has 1 aromatic rings. The Morgan fingerprint density at radius 3 is 2.63 bits per heavy atom. The summed E-state index contributed by atoms with van der Waals surface area (Å²) in [6, 6.07) is 4.99. The van der Waals surface area contributed by atoms with Gasteiger partial charge < -0.3 is 11.1 Å². The van der Waals surface area contributed by atoms with Gasteiger partial charge in [0.25, 0.3) is 0 Å². The molecule has 0 fully saturated rings. The quantitative estimate of drug-likeness (QED) is 0.826. The number of hydrogen-bond acceptors (Lipinski definition) is 3. The van der Waals surface area contributed by atoms with E-state index in [1.165, 1.54) is 7.05 Å². The molecule has 0 aromatic heterocycles. The molecule has 1 amide bonds. The van der Waals surface area contributed by atoms with Crippen molar-refractivity contribution >= 4 is 17.3 Å². The summed E-state index contributed by atoms with van der Waals surface area (Å²) in [5, 5.41) is 2.54. The van der Waals surface area contributed by atoms with Crippen molar-refractivity contribution in [1.29, 1.82) is 0 Å². The fraction of sp³-hybridized carbons (Fsp3) is 0.417. The summed E-state index contributed by atoms with van der Waals surface area (Å²) in [5.74, 6) is -0.513. The van der Waals surface area contributed by atoms with Crippen molar-refractivity contribution in [3.63, 3.8) is 0 Å². The normalized spacial score (nSPS) is 11.7. The van der Waals surface area contributed by atoms with Crippen LogP contribution in [0.1, 0.15) is 5.56 Å². The molecule has 0 bridgehead atoms. The van der Waals surface area contributed by atoms with Crippen LogP contribution in [0.2, 0.25) is 0 Å². The zero-order valence-corrected chi connectivity index (χ0v) is 10.7. The Morgan fingerprint density at radius 1 is 1.42 bits per heavy atom. The highest BCUT2D eigenvalue weighted by atomic mass is 19.4. The lowest BCUT2D eigenvalue weighted by molar-refractivity contribution is -0.145. The molecular formula is C12H16F3N3O. The van der Waals surface area contributed by atoms with Crippen LogP contribution in [-0.2, 0) is 4.79 Å². The zero-order chi connectivity index (χ0) is 14.6. The molecule has 19 heavy (non-hydrogen) atoms. The number of hydrogen-bond donors (Lipinski definition) is 2. The van der Waals surface area contributed by atoms with Gasteiger partial charge in [-0.2, -0.15) is 13.2 Å². The molecule has 4 nitrogen and oxygen atoms in total. The van der Waals surface area contributed by atoms with Crippen molar-refractivity contribution in [2.24, 2.45) is 0 Å². The molecule has 0 unspecified atom stereocenters. The lowest BCUT2D eigenvalue weighted by Crippen LogP contribution is -2.36. The first-order valence-corrected chi connectivity index (χ1v) is 5.59. The molecule has 0 spiro atoms. The van der Waals surface area contributed by atoms with Crippen molar-refractivity contribution in [3.05, 3.63) is 23.8 Å². The summed E-state index contributed by atoms with van der Waals surface area (Å²) in [6.07, 6.45) is -4.32. The third kappa shape index (κ3) is 5.17. The van der Waals surface area contributed by atoms with Crippen molar-refractivity contribution in [2.75, 3.05) is 31.2 Å². The van der Waals surface area contributed by atoms with E-state index < -0.39 is 18.6 Å². The second-order valence-corrected chi connectivity index (χ2v) is 4.36. The zero-order valence-electron chi connectivity index (χ0n) is 10.7. The van der Waals surface area contributed by atoms with Crippen molar-refractivity contribution in [2.45, 2.75) is 13.1 Å². The second kappa shape index (κ2) is 5.92. The highest BCUT2D eigenvalue weighted by molar-refractivity contribution is 5.93. The molecule has 0 radical (unpaired) electrons. The van der Waals surface area contributed by atoms with Crippen LogP contribution in [-0.4, -0.2) is 37.1 Å². The van der Waals surface area contributed by atoms with Crippen molar-refractivity contribution in [1.82, 2.24) is 4.90 Å². The highest BCUT2D eigenvalue weighted by Gasteiger charge is 2.29. The van der Waals surface area contributed by atoms with Gasteiger partial charge in [-0.05, 0) is 31.7 Å². The molecule has 3 N–H and O–H groups in total. The maximum absolute atomic E-state index is 12.1. The van der Waals surface area contributed by atoms with E-state index in [0.717, 1.165) is 4.90 Å². The van der Waals surface area contributed by atoms with E-state index in [2.05, 4.69) is 5.32 Å². The van der Waals surface area contributed by atoms with Crippen LogP contribution >= 0.6 is 0 Å². The molecule has 0 saturated heterocycles. The van der Waals surface area contributed by atoms with Gasteiger partial charge in [-0.1, -0.05) is 6.07 Å². The van der Waals surface area contributed by atoms with Crippen LogP contribution in [0.15, 0.2) is 18.2 Å². The highest BCUT2D eigenvalue weighted by Crippen LogP contribution is 2.20. The first kappa shape index (κ1) is 15.3. The minimum Gasteiger partial charge on any atom is -0.398 e. The van der Waals surface area contributed by atoms with Gasteiger partial charge in [-0.15, -0.1) is 0 Å². The number of rotatable bonds is 4. The van der Waals surface area contributed by atoms with E-state index in [1.807, 2.05) is 0 Å². The predicted molar refractivity (Wildman–Crippen MR) is 67.8 cm³/mol. The number of nitrogens with zero attached hydrogens (tertiary/aromatic N) is 1. The summed E-state index contributed by atoms with van der Waals surface area (Å²) >= 11 is 0. The van der Waals surface area contributed by atoms with Gasteiger partial charge in [0.15, 0.2) is 0 Å². The number of halogens is 3. The minimum absolute atomic E-state index is 0.340. The van der Waals surface area contributed by atoms with Crippen LogP contribution in [0.25, 0.3) is 0 Å². The van der Waals surface area contributed by atoms with Gasteiger partial charge in [0.2, 0.25) is 5.91 Å². The number of nitrogen functional groups attached to an aromatic ring is 1. The van der Waals surface area contributed by atoms with Gasteiger partial charge in [0, 0.05) is 11.4 Å². The monoisotopic (exact) mass is 275 g/mol. The third-order valence-corrected chi connectivity index (χ3v) is 2.51. The molecule has 1 aromatic carbocycles. The van der Waals surface area contributed by atoms with E-state index in [0.29, 0.717) is 16.9 Å². The largest absolute Gasteiger partial charge is 0.401 e. The Bertz CT molecular complexity index is 460. The predicted octanol–water partition coefficient (Wildman–Crippen LogP) is 2.01. The van der Waals surface area contributed by atoms with E-state index in [9.17, 15) is 18.0 Å². The molecule has 0 heterocycles. The molecular weight excluding hydrogens is 259 g/mol. The molecule has 106 valence electrons. The standard InChI is InChI=1S/C12H16F3N3O/c1-8-9(16)4-3-5-10(8)17-11(19)6-18(2)7-12(13,14)15/h3-5H,6-7,16H2,1-2H3,(H,17,19). The van der Waals surface area contributed by atoms with Crippen molar-refractivity contribution in [3.8, 4) is 0 Å². The molecule has 0 atom stereocenters. The molecule has 0 saturated carbocycles. The van der Waals surface area contributed by atoms with Gasteiger partial charge in [-0.3, -0.25) is 9.69 Å². The number of alkyl halides is 3. The number of anilines is 2. The number of nitrogens with one attached hydrogen (secondary N) is 1. The Kier molecular flexibility index (Phi) is 4.77. The van der Waals surface area contributed by atoms with E-state index in [1.54, 1.807) is 25.1 Å². The first-order valence-electron chi connectivity index (χ1n) is 5.59. The van der Waals surface area contributed by atoms with E-state index in [4.69, 9.17) is 5.73 Å². The van der Waals surface area contributed by atoms with E-state index in [-0.39, 0.29) is 6.54 Å². The smallest absolute Gasteiger partial charge is 0.398 e. The number of amides is 1. The number of carbonyl (C=O) groups excluding carboxylic acids is 1. The fourth-order valence-corrected chi connectivity index (χ4v) is 1.59. The van der Waals surface area contributed by atoms with Gasteiger partial charge in [-0.25, -0.2) is 0 Å². The molecule has 0 aliphatic heterocycles. The lowest BCUT2D eigenvalue weighted by atomic mass is 10.1. The first-order chi connectivity index (χ1) is 8.69. The summed E-state index contributed by atoms with van der Waals surface area (Å²) < 4.78 is 36.3. The minimum atomic E-state index is -4.32. The molecule has 7 heteroatoms. The maximum atomic E-state index is 12.1. The molecule has 0 aliphatic rings. The Labute approximate surface area is 109 Å². The summed E-state index contributed by atoms with van der Waals surface area (Å²) in [6.45, 7) is 0.258. The molecule has 0 aliphatic carbocycles. The summed E-state index contributed by atoms with van der Waals surface area (Å²) in [4.78, 5) is 12.5. The number of nitrogens with two attached hydrogens (primary N) is 1. The Hall–Kier alpha value is -1.76. The van der Waals surface area contributed by atoms with Crippen LogP contribution < -0.4 is 11.1 Å². The number of benzene rings is 1. The van der Waals surface area contributed by atoms with Crippen molar-refractivity contribution < 1.29 is 18.0 Å². The number of carbonyl (C=O) groups is 1. The van der Waals surface area contributed by atoms with Gasteiger partial charge in [0.1, 0.15) is 0 Å². The van der Waals surface area contributed by atoms with Gasteiger partial charge >= 0.3 is 6.18 Å². The maximum Gasteiger partial charge on any atom is 0.401 e. The Balaban J connectivity index is 2.58. The molecule has 1 rings (SSSR count). The average Bonchev–Trinajstić information content (AvgIpc) is 2.21. The van der Waals surface area contributed by atoms with Crippen LogP contribution in [0.5, 0.6) is 0 Å². The average molecular weight is 275 g/mol. The summed E-state index contributed by atoms with van der Waals surface area (Å²) in [7, 11) is 1.24. The van der Waals surface area contributed by atoms with Crippen LogP contribution in [0, 0.1) is 6.92 Å². The lowest BCUT2D eigenvalue weighted by Gasteiger charge is -2.18.